The summed E-state index contributed by atoms with van der Waals surface area (Å²) in [6.07, 6.45) is 0.559. The van der Waals surface area contributed by atoms with E-state index in [1.807, 2.05) is 31.2 Å². The van der Waals surface area contributed by atoms with Crippen molar-refractivity contribution < 1.29 is 13.5 Å². The smallest absolute Gasteiger partial charge is 0.262 e. The molecule has 2 aromatic rings. The van der Waals surface area contributed by atoms with Crippen molar-refractivity contribution in [2.75, 3.05) is 11.3 Å². The van der Waals surface area contributed by atoms with E-state index in [-0.39, 0.29) is 6.61 Å². The maximum absolute atomic E-state index is 12.6. The van der Waals surface area contributed by atoms with E-state index in [4.69, 9.17) is 5.11 Å². The van der Waals surface area contributed by atoms with Crippen LogP contribution in [0.5, 0.6) is 0 Å². The Bertz CT molecular complexity index is 742. The summed E-state index contributed by atoms with van der Waals surface area (Å²) in [5.41, 5.74) is 4.00. The molecule has 0 saturated heterocycles. The van der Waals surface area contributed by atoms with Crippen LogP contribution in [0.1, 0.15) is 22.3 Å². The second-order valence-corrected chi connectivity index (χ2v) is 7.12. The lowest BCUT2D eigenvalue weighted by atomic mass is 10.1. The standard InChI is InChI=1S/C17H21NO3S/c1-12-10-13(2)17(14(3)11-12)22(20,21)18-16-6-4-15(5-7-16)8-9-19/h4-7,10-11,18-19H,8-9H2,1-3H3. The molecule has 0 aromatic heterocycles. The van der Waals surface area contributed by atoms with Crippen LogP contribution in [0.25, 0.3) is 0 Å². The van der Waals surface area contributed by atoms with Crippen molar-refractivity contribution in [3.63, 3.8) is 0 Å². The molecule has 0 heterocycles. The third kappa shape index (κ3) is 3.67. The van der Waals surface area contributed by atoms with Crippen LogP contribution in [0.3, 0.4) is 0 Å². The second kappa shape index (κ2) is 6.50. The van der Waals surface area contributed by atoms with Crippen molar-refractivity contribution in [2.45, 2.75) is 32.1 Å². The summed E-state index contributed by atoms with van der Waals surface area (Å²) in [7, 11) is -3.62. The number of benzene rings is 2. The molecule has 0 aliphatic carbocycles. The lowest BCUT2D eigenvalue weighted by Crippen LogP contribution is -2.16. The summed E-state index contributed by atoms with van der Waals surface area (Å²) in [5.74, 6) is 0. The highest BCUT2D eigenvalue weighted by molar-refractivity contribution is 7.92. The molecule has 0 fully saturated rings. The van der Waals surface area contributed by atoms with E-state index in [0.29, 0.717) is 17.0 Å². The molecule has 118 valence electrons. The van der Waals surface area contributed by atoms with Crippen LogP contribution in [-0.4, -0.2) is 20.1 Å². The van der Waals surface area contributed by atoms with Crippen LogP contribution < -0.4 is 4.72 Å². The van der Waals surface area contributed by atoms with Gasteiger partial charge in [-0.1, -0.05) is 29.8 Å². The monoisotopic (exact) mass is 319 g/mol. The van der Waals surface area contributed by atoms with E-state index in [1.54, 1.807) is 26.0 Å². The Hall–Kier alpha value is -1.85. The molecular formula is C17H21NO3S. The average molecular weight is 319 g/mol. The van der Waals surface area contributed by atoms with E-state index in [0.717, 1.165) is 22.3 Å². The minimum absolute atomic E-state index is 0.0762. The Morgan fingerprint density at radius 2 is 1.55 bits per heavy atom. The number of aryl methyl sites for hydroxylation is 3. The van der Waals surface area contributed by atoms with Crippen molar-refractivity contribution >= 4 is 15.7 Å². The van der Waals surface area contributed by atoms with Gasteiger partial charge in [0.2, 0.25) is 0 Å². The van der Waals surface area contributed by atoms with Gasteiger partial charge in [0.15, 0.2) is 0 Å². The zero-order chi connectivity index (χ0) is 16.3. The normalized spacial score (nSPS) is 11.5. The largest absolute Gasteiger partial charge is 0.396 e. The zero-order valence-corrected chi connectivity index (χ0v) is 13.9. The molecule has 0 aliphatic rings. The molecule has 2 N–H and O–H groups in total. The van der Waals surface area contributed by atoms with Crippen molar-refractivity contribution in [2.24, 2.45) is 0 Å². The van der Waals surface area contributed by atoms with Gasteiger partial charge in [-0.15, -0.1) is 0 Å². The average Bonchev–Trinajstić information content (AvgIpc) is 2.39. The maximum Gasteiger partial charge on any atom is 0.262 e. The van der Waals surface area contributed by atoms with E-state index in [9.17, 15) is 8.42 Å². The first-order valence-corrected chi connectivity index (χ1v) is 8.62. The molecule has 0 saturated carbocycles. The van der Waals surface area contributed by atoms with Gasteiger partial charge in [0, 0.05) is 12.3 Å². The van der Waals surface area contributed by atoms with Gasteiger partial charge in [-0.25, -0.2) is 8.42 Å². The van der Waals surface area contributed by atoms with E-state index < -0.39 is 10.0 Å². The number of aliphatic hydroxyl groups is 1. The zero-order valence-electron chi connectivity index (χ0n) is 13.1. The highest BCUT2D eigenvalue weighted by Crippen LogP contribution is 2.24. The van der Waals surface area contributed by atoms with Gasteiger partial charge in [0.05, 0.1) is 4.90 Å². The van der Waals surface area contributed by atoms with Gasteiger partial charge in [0.25, 0.3) is 10.0 Å². The highest BCUT2D eigenvalue weighted by atomic mass is 32.2. The molecule has 0 unspecified atom stereocenters. The molecular weight excluding hydrogens is 298 g/mol. The topological polar surface area (TPSA) is 66.4 Å². The number of hydrogen-bond acceptors (Lipinski definition) is 3. The molecule has 22 heavy (non-hydrogen) atoms. The fourth-order valence-corrected chi connectivity index (χ4v) is 4.18. The van der Waals surface area contributed by atoms with Crippen LogP contribution in [0.4, 0.5) is 5.69 Å². The van der Waals surface area contributed by atoms with Gasteiger partial charge in [-0.2, -0.15) is 0 Å². The summed E-state index contributed by atoms with van der Waals surface area (Å²) in [4.78, 5) is 0.331. The predicted octanol–water partition coefficient (Wildman–Crippen LogP) is 2.95. The molecule has 0 aliphatic heterocycles. The lowest BCUT2D eigenvalue weighted by molar-refractivity contribution is 0.299. The lowest BCUT2D eigenvalue weighted by Gasteiger charge is -2.14. The Morgan fingerprint density at radius 1 is 1.00 bits per heavy atom. The third-order valence-corrected chi connectivity index (χ3v) is 5.17. The van der Waals surface area contributed by atoms with E-state index in [1.165, 1.54) is 0 Å². The highest BCUT2D eigenvalue weighted by Gasteiger charge is 2.19. The number of sulfonamides is 1. The molecule has 0 radical (unpaired) electrons. The van der Waals surface area contributed by atoms with E-state index >= 15 is 0 Å². The Morgan fingerprint density at radius 3 is 2.05 bits per heavy atom. The number of nitrogens with one attached hydrogen (secondary N) is 1. The Balaban J connectivity index is 2.32. The number of rotatable bonds is 5. The van der Waals surface area contributed by atoms with Crippen molar-refractivity contribution in [3.05, 3.63) is 58.7 Å². The second-order valence-electron chi connectivity index (χ2n) is 5.50. The van der Waals surface area contributed by atoms with Crippen molar-refractivity contribution in [1.82, 2.24) is 0 Å². The van der Waals surface area contributed by atoms with Crippen LogP contribution in [0, 0.1) is 20.8 Å². The summed E-state index contributed by atoms with van der Waals surface area (Å²) < 4.78 is 27.8. The van der Waals surface area contributed by atoms with E-state index in [2.05, 4.69) is 4.72 Å². The summed E-state index contributed by atoms with van der Waals surface area (Å²) in [5, 5.41) is 8.90. The molecule has 2 aromatic carbocycles. The maximum atomic E-state index is 12.6. The van der Waals surface area contributed by atoms with Gasteiger partial charge in [0.1, 0.15) is 0 Å². The fourth-order valence-electron chi connectivity index (χ4n) is 2.67. The van der Waals surface area contributed by atoms with Gasteiger partial charge >= 0.3 is 0 Å². The van der Waals surface area contributed by atoms with Gasteiger partial charge in [-0.3, -0.25) is 4.72 Å². The molecule has 0 amide bonds. The molecule has 0 bridgehead atoms. The molecule has 0 atom stereocenters. The molecule has 4 nitrogen and oxygen atoms in total. The predicted molar refractivity (Wildman–Crippen MR) is 88.7 cm³/mol. The van der Waals surface area contributed by atoms with Gasteiger partial charge in [-0.05, 0) is 56.0 Å². The van der Waals surface area contributed by atoms with Gasteiger partial charge < -0.3 is 5.11 Å². The number of aliphatic hydroxyl groups excluding tert-OH is 1. The SMILES string of the molecule is Cc1cc(C)c(S(=O)(=O)Nc2ccc(CCO)cc2)c(C)c1. The van der Waals surface area contributed by atoms with Crippen LogP contribution in [0.15, 0.2) is 41.3 Å². The Labute approximate surface area is 131 Å². The van der Waals surface area contributed by atoms with Crippen LogP contribution in [-0.2, 0) is 16.4 Å². The number of hydrogen-bond donors (Lipinski definition) is 2. The minimum Gasteiger partial charge on any atom is -0.396 e. The molecule has 5 heteroatoms. The molecule has 0 spiro atoms. The van der Waals surface area contributed by atoms with Crippen LogP contribution >= 0.6 is 0 Å². The Kier molecular flexibility index (Phi) is 4.88. The summed E-state index contributed by atoms with van der Waals surface area (Å²) in [6, 6.07) is 10.8. The van der Waals surface area contributed by atoms with Crippen molar-refractivity contribution in [3.8, 4) is 0 Å². The summed E-state index contributed by atoms with van der Waals surface area (Å²) >= 11 is 0. The van der Waals surface area contributed by atoms with Crippen molar-refractivity contribution in [1.29, 1.82) is 0 Å². The first-order chi connectivity index (χ1) is 10.3. The quantitative estimate of drug-likeness (QED) is 0.890. The third-order valence-electron chi connectivity index (χ3n) is 3.48. The summed E-state index contributed by atoms with van der Waals surface area (Å²) in [6.45, 7) is 5.63. The first-order valence-electron chi connectivity index (χ1n) is 7.14. The minimum atomic E-state index is -3.62. The van der Waals surface area contributed by atoms with Crippen LogP contribution in [0.2, 0.25) is 0 Å². The number of anilines is 1. The first kappa shape index (κ1) is 16.5. The fraction of sp³-hybridized carbons (Fsp3) is 0.294. The molecule has 2 rings (SSSR count).